The Bertz CT molecular complexity index is 144. The molecule has 0 rings (SSSR count). The molecule has 0 spiro atoms. The van der Waals surface area contributed by atoms with Crippen molar-refractivity contribution in [2.45, 2.75) is 26.7 Å². The minimum absolute atomic E-state index is 0.0582. The second-order valence-corrected chi connectivity index (χ2v) is 14.7. The third kappa shape index (κ3) is 5.90. The van der Waals surface area contributed by atoms with Gasteiger partial charge in [0, 0.05) is 0 Å². The van der Waals surface area contributed by atoms with E-state index in [1.54, 1.807) is 0 Å². The van der Waals surface area contributed by atoms with Crippen molar-refractivity contribution in [1.29, 1.82) is 0 Å². The maximum absolute atomic E-state index is 5.62. The molecule has 0 atom stereocenters. The summed E-state index contributed by atoms with van der Waals surface area (Å²) >= 11 is 2.92. The summed E-state index contributed by atoms with van der Waals surface area (Å²) in [5.74, 6) is 0. The van der Waals surface area contributed by atoms with Gasteiger partial charge in [-0.2, -0.15) is 0 Å². The van der Waals surface area contributed by atoms with Crippen molar-refractivity contribution in [1.82, 2.24) is 0 Å². The zero-order chi connectivity index (χ0) is 9.45. The fraction of sp³-hybridized carbons (Fsp3) is 1.00. The van der Waals surface area contributed by atoms with Gasteiger partial charge in [-0.25, -0.2) is 0 Å². The summed E-state index contributed by atoms with van der Waals surface area (Å²) in [7, 11) is 0. The first-order chi connectivity index (χ1) is 5.68. The summed E-state index contributed by atoms with van der Waals surface area (Å²) in [4.78, 5) is 0. The number of hydrogen-bond acceptors (Lipinski definition) is 3. The van der Waals surface area contributed by atoms with Gasteiger partial charge in [-0.1, -0.05) is 0 Å². The van der Waals surface area contributed by atoms with Gasteiger partial charge in [-0.05, 0) is 0 Å². The fourth-order valence-electron chi connectivity index (χ4n) is 0.504. The molecule has 0 aromatic heterocycles. The minimum atomic E-state index is -1.77. The van der Waals surface area contributed by atoms with E-state index in [-0.39, 0.29) is 14.7 Å². The van der Waals surface area contributed by atoms with Crippen molar-refractivity contribution in [3.63, 3.8) is 0 Å². The summed E-state index contributed by atoms with van der Waals surface area (Å²) in [6.07, 6.45) is 2.02. The summed E-state index contributed by atoms with van der Waals surface area (Å²) in [5.41, 5.74) is 0. The topological polar surface area (TPSA) is 44.5 Å². The molecule has 0 radical (unpaired) electrons. The van der Waals surface area contributed by atoms with E-state index in [1.165, 1.54) is 0 Å². The maximum atomic E-state index is 5.62. The third-order valence-corrected chi connectivity index (χ3v) is 9.39. The summed E-state index contributed by atoms with van der Waals surface area (Å²) in [6, 6.07) is 0. The van der Waals surface area contributed by atoms with Crippen LogP contribution in [0.25, 0.3) is 0 Å². The van der Waals surface area contributed by atoms with Crippen molar-refractivity contribution in [2.75, 3.05) is 13.2 Å². The molecule has 2 N–H and O–H groups in total. The average Bonchev–Trinajstić information content (AvgIpc) is 2.11. The van der Waals surface area contributed by atoms with Crippen molar-refractivity contribution >= 4 is 34.5 Å². The molecule has 12 heavy (non-hydrogen) atoms. The molecule has 0 saturated carbocycles. The SMILES string of the molecule is CCCOP(=[Se])(OCCC)[Se]N. The Morgan fingerprint density at radius 2 is 1.67 bits per heavy atom. The molecule has 6 heteroatoms. The summed E-state index contributed by atoms with van der Waals surface area (Å²) < 4.78 is 15.0. The Morgan fingerprint density at radius 3 is 1.92 bits per heavy atom. The van der Waals surface area contributed by atoms with Crippen LogP contribution in [0.1, 0.15) is 26.7 Å². The van der Waals surface area contributed by atoms with E-state index in [0.29, 0.717) is 0 Å². The standard InChI is InChI=1S/C6H16NO2PSe2/c1-3-5-8-10(11,12-7)9-6-4-2/h3-7H2,1-2H3. The summed E-state index contributed by atoms with van der Waals surface area (Å²) in [5, 5.41) is 0. The number of hydrogen-bond donors (Lipinski definition) is 1. The Labute approximate surface area is 88.1 Å². The number of rotatable bonds is 7. The van der Waals surface area contributed by atoms with Crippen molar-refractivity contribution in [3.8, 4) is 0 Å². The molecule has 0 aliphatic heterocycles. The van der Waals surface area contributed by atoms with E-state index in [1.807, 2.05) is 0 Å². The van der Waals surface area contributed by atoms with Crippen LogP contribution >= 0.6 is 4.65 Å². The van der Waals surface area contributed by atoms with Crippen LogP contribution in [0, 0.1) is 0 Å². The van der Waals surface area contributed by atoms with Crippen LogP contribution in [0.4, 0.5) is 0 Å². The molecule has 0 aromatic rings. The molecular formula is C6H16NO2PSe2. The van der Waals surface area contributed by atoms with Crippen LogP contribution in [0.2, 0.25) is 0 Å². The Morgan fingerprint density at radius 1 is 1.25 bits per heavy atom. The predicted octanol–water partition coefficient (Wildman–Crippen LogP) is 1.26. The van der Waals surface area contributed by atoms with Gasteiger partial charge in [0.1, 0.15) is 0 Å². The van der Waals surface area contributed by atoms with Crippen LogP contribution in [-0.4, -0.2) is 43.0 Å². The van der Waals surface area contributed by atoms with Gasteiger partial charge >= 0.3 is 88.2 Å². The zero-order valence-electron chi connectivity index (χ0n) is 7.49. The van der Waals surface area contributed by atoms with E-state index in [0.717, 1.165) is 26.1 Å². The Kier molecular flexibility index (Phi) is 8.59. The molecule has 0 aromatic carbocycles. The zero-order valence-corrected chi connectivity index (χ0v) is 11.8. The predicted molar refractivity (Wildman–Crippen MR) is 55.1 cm³/mol. The van der Waals surface area contributed by atoms with Crippen LogP contribution in [-0.2, 0) is 9.05 Å². The van der Waals surface area contributed by atoms with E-state index < -0.39 is 4.65 Å². The van der Waals surface area contributed by atoms with E-state index >= 15 is 0 Å². The second kappa shape index (κ2) is 7.73. The monoisotopic (exact) mass is 325 g/mol. The van der Waals surface area contributed by atoms with Gasteiger partial charge in [0.2, 0.25) is 0 Å². The average molecular weight is 323 g/mol. The molecular weight excluding hydrogens is 307 g/mol. The molecule has 0 saturated heterocycles. The van der Waals surface area contributed by atoms with Gasteiger partial charge in [0.15, 0.2) is 0 Å². The van der Waals surface area contributed by atoms with Crippen LogP contribution in [0.15, 0.2) is 0 Å². The van der Waals surface area contributed by atoms with Gasteiger partial charge in [0.25, 0.3) is 0 Å². The second-order valence-electron chi connectivity index (χ2n) is 2.22. The molecule has 74 valence electrons. The normalized spacial score (nSPS) is 11.9. The first kappa shape index (κ1) is 13.3. The van der Waals surface area contributed by atoms with Gasteiger partial charge in [0.05, 0.1) is 0 Å². The van der Waals surface area contributed by atoms with Crippen molar-refractivity contribution < 1.29 is 9.05 Å². The van der Waals surface area contributed by atoms with Gasteiger partial charge in [-0.15, -0.1) is 0 Å². The molecule has 0 fully saturated rings. The first-order valence-electron chi connectivity index (χ1n) is 3.96. The Balaban J connectivity index is 3.79. The van der Waals surface area contributed by atoms with Crippen molar-refractivity contribution in [2.24, 2.45) is 4.75 Å². The number of nitrogens with two attached hydrogens (primary N) is 1. The molecule has 0 unspecified atom stereocenters. The summed E-state index contributed by atoms with van der Waals surface area (Å²) in [6.45, 7) is 5.63. The van der Waals surface area contributed by atoms with Crippen molar-refractivity contribution in [3.05, 3.63) is 0 Å². The van der Waals surface area contributed by atoms with Crippen LogP contribution in [0.3, 0.4) is 0 Å². The molecule has 0 aliphatic carbocycles. The van der Waals surface area contributed by atoms with Gasteiger partial charge < -0.3 is 0 Å². The quantitative estimate of drug-likeness (QED) is 0.567. The van der Waals surface area contributed by atoms with E-state index in [4.69, 9.17) is 13.8 Å². The molecule has 0 bridgehead atoms. The van der Waals surface area contributed by atoms with E-state index in [9.17, 15) is 0 Å². The van der Waals surface area contributed by atoms with E-state index in [2.05, 4.69) is 28.9 Å². The first-order valence-corrected chi connectivity index (χ1v) is 11.0. The van der Waals surface area contributed by atoms with Crippen LogP contribution in [0.5, 0.6) is 0 Å². The molecule has 3 nitrogen and oxygen atoms in total. The molecule has 0 heterocycles. The molecule has 0 aliphatic rings. The third-order valence-electron chi connectivity index (χ3n) is 1.04. The Hall–Kier alpha value is 1.35. The van der Waals surface area contributed by atoms with Gasteiger partial charge in [-0.3, -0.25) is 0 Å². The van der Waals surface area contributed by atoms with Crippen LogP contribution < -0.4 is 4.75 Å². The molecule has 0 amide bonds. The fourth-order valence-corrected chi connectivity index (χ4v) is 4.16.